The summed E-state index contributed by atoms with van der Waals surface area (Å²) in [5, 5.41) is 0. The molecule has 0 bridgehead atoms. The van der Waals surface area contributed by atoms with Crippen molar-refractivity contribution in [2.45, 2.75) is 46.1 Å². The summed E-state index contributed by atoms with van der Waals surface area (Å²) in [6.45, 7) is 8.47. The molecule has 108 valence electrons. The van der Waals surface area contributed by atoms with Crippen LogP contribution in [0.15, 0.2) is 12.3 Å². The lowest BCUT2D eigenvalue weighted by Gasteiger charge is -2.30. The van der Waals surface area contributed by atoms with E-state index < -0.39 is 0 Å². The van der Waals surface area contributed by atoms with E-state index in [0.717, 1.165) is 25.8 Å². The molecule has 0 radical (unpaired) electrons. The van der Waals surface area contributed by atoms with Crippen LogP contribution in [0, 0.1) is 0 Å². The van der Waals surface area contributed by atoms with Crippen LogP contribution in [0.4, 0.5) is 5.95 Å². The molecule has 1 aromatic heterocycles. The Morgan fingerprint density at radius 3 is 2.63 bits per heavy atom. The smallest absolute Gasteiger partial charge is 0.228 e. The first-order valence-corrected chi connectivity index (χ1v) is 7.19. The van der Waals surface area contributed by atoms with Crippen molar-refractivity contribution >= 4 is 5.95 Å². The molecule has 0 fully saturated rings. The number of hydrogen-bond donors (Lipinski definition) is 1. The van der Waals surface area contributed by atoms with Gasteiger partial charge in [-0.05, 0) is 19.3 Å². The third-order valence-electron chi connectivity index (χ3n) is 3.08. The number of nitrogens with two attached hydrogens (primary N) is 1. The number of aromatic nitrogens is 2. The number of ether oxygens (including phenoxy) is 1. The summed E-state index contributed by atoms with van der Waals surface area (Å²) < 4.78 is 5.56. The lowest BCUT2D eigenvalue weighted by molar-refractivity contribution is 0.304. The monoisotopic (exact) mass is 266 g/mol. The molecule has 5 heteroatoms. The van der Waals surface area contributed by atoms with Gasteiger partial charge in [-0.1, -0.05) is 20.8 Å². The maximum atomic E-state index is 5.70. The molecule has 5 nitrogen and oxygen atoms in total. The highest BCUT2D eigenvalue weighted by Crippen LogP contribution is 2.18. The van der Waals surface area contributed by atoms with E-state index in [2.05, 4.69) is 35.6 Å². The Bertz CT molecular complexity index is 355. The first-order valence-electron chi connectivity index (χ1n) is 7.19. The molecule has 0 aliphatic heterocycles. The van der Waals surface area contributed by atoms with Crippen molar-refractivity contribution in [3.8, 4) is 5.88 Å². The lowest BCUT2D eigenvalue weighted by Crippen LogP contribution is -2.39. The SMILES string of the molecule is CCCOc1ccnc(N(CCN)C(CC)CC)n1. The molecule has 1 rings (SSSR count). The number of nitrogens with zero attached hydrogens (tertiary/aromatic N) is 3. The highest BCUT2D eigenvalue weighted by molar-refractivity contribution is 5.33. The fourth-order valence-electron chi connectivity index (χ4n) is 2.07. The van der Waals surface area contributed by atoms with Gasteiger partial charge in [0.25, 0.3) is 0 Å². The van der Waals surface area contributed by atoms with Crippen molar-refractivity contribution in [2.75, 3.05) is 24.6 Å². The van der Waals surface area contributed by atoms with E-state index in [1.54, 1.807) is 12.3 Å². The van der Waals surface area contributed by atoms with Crippen LogP contribution in [0.3, 0.4) is 0 Å². The fourth-order valence-corrected chi connectivity index (χ4v) is 2.07. The average Bonchev–Trinajstić information content (AvgIpc) is 2.45. The normalized spacial score (nSPS) is 10.8. The highest BCUT2D eigenvalue weighted by Gasteiger charge is 2.17. The molecular weight excluding hydrogens is 240 g/mol. The summed E-state index contributed by atoms with van der Waals surface area (Å²) in [5.74, 6) is 1.35. The Hall–Kier alpha value is -1.36. The summed E-state index contributed by atoms with van der Waals surface area (Å²) in [4.78, 5) is 11.0. The topological polar surface area (TPSA) is 64.3 Å². The van der Waals surface area contributed by atoms with E-state index >= 15 is 0 Å². The van der Waals surface area contributed by atoms with Crippen molar-refractivity contribution in [2.24, 2.45) is 5.73 Å². The third-order valence-corrected chi connectivity index (χ3v) is 3.08. The molecular formula is C14H26N4O. The Kier molecular flexibility index (Phi) is 7.18. The second-order valence-electron chi connectivity index (χ2n) is 4.50. The van der Waals surface area contributed by atoms with E-state index in [1.165, 1.54) is 0 Å². The Morgan fingerprint density at radius 1 is 1.32 bits per heavy atom. The molecule has 0 aromatic carbocycles. The van der Waals surface area contributed by atoms with Crippen LogP contribution in [-0.2, 0) is 0 Å². The van der Waals surface area contributed by atoms with E-state index in [4.69, 9.17) is 10.5 Å². The first-order chi connectivity index (χ1) is 9.26. The van der Waals surface area contributed by atoms with Crippen molar-refractivity contribution in [3.05, 3.63) is 12.3 Å². The van der Waals surface area contributed by atoms with Crippen molar-refractivity contribution < 1.29 is 4.74 Å². The predicted molar refractivity (Wildman–Crippen MR) is 78.6 cm³/mol. The van der Waals surface area contributed by atoms with E-state index in [9.17, 15) is 0 Å². The van der Waals surface area contributed by atoms with E-state index in [0.29, 0.717) is 31.0 Å². The zero-order chi connectivity index (χ0) is 14.1. The Labute approximate surface area is 116 Å². The maximum absolute atomic E-state index is 5.70. The van der Waals surface area contributed by atoms with Crippen LogP contribution < -0.4 is 15.4 Å². The molecule has 0 saturated carbocycles. The van der Waals surface area contributed by atoms with E-state index in [-0.39, 0.29) is 0 Å². The van der Waals surface area contributed by atoms with Gasteiger partial charge in [0.2, 0.25) is 11.8 Å². The molecule has 0 spiro atoms. The third kappa shape index (κ3) is 4.67. The highest BCUT2D eigenvalue weighted by atomic mass is 16.5. The van der Waals surface area contributed by atoms with Crippen molar-refractivity contribution in [1.29, 1.82) is 0 Å². The minimum atomic E-state index is 0.421. The molecule has 0 aliphatic carbocycles. The summed E-state index contributed by atoms with van der Waals surface area (Å²) in [6.07, 6.45) is 4.83. The minimum absolute atomic E-state index is 0.421. The van der Waals surface area contributed by atoms with Gasteiger partial charge in [-0.2, -0.15) is 4.98 Å². The molecule has 0 aliphatic rings. The van der Waals surface area contributed by atoms with E-state index in [1.807, 2.05) is 0 Å². The lowest BCUT2D eigenvalue weighted by atomic mass is 10.1. The molecule has 19 heavy (non-hydrogen) atoms. The zero-order valence-electron chi connectivity index (χ0n) is 12.3. The summed E-state index contributed by atoms with van der Waals surface area (Å²) in [6, 6.07) is 2.22. The molecule has 0 saturated heterocycles. The van der Waals surface area contributed by atoms with Gasteiger partial charge < -0.3 is 15.4 Å². The summed E-state index contributed by atoms with van der Waals surface area (Å²) in [7, 11) is 0. The standard InChI is InChI=1S/C14H26N4O/c1-4-11-19-13-7-9-16-14(17-13)18(10-8-15)12(5-2)6-3/h7,9,12H,4-6,8,10-11,15H2,1-3H3. The maximum Gasteiger partial charge on any atom is 0.228 e. The first kappa shape index (κ1) is 15.7. The Balaban J connectivity index is 2.88. The average molecular weight is 266 g/mol. The van der Waals surface area contributed by atoms with Crippen molar-refractivity contribution in [1.82, 2.24) is 9.97 Å². The van der Waals surface area contributed by atoms with Gasteiger partial charge in [0.1, 0.15) is 0 Å². The summed E-state index contributed by atoms with van der Waals surface area (Å²) in [5.41, 5.74) is 5.70. The molecule has 0 atom stereocenters. The minimum Gasteiger partial charge on any atom is -0.478 e. The van der Waals surface area contributed by atoms with Crippen LogP contribution in [0.5, 0.6) is 5.88 Å². The van der Waals surface area contributed by atoms with Gasteiger partial charge in [0.15, 0.2) is 0 Å². The van der Waals surface area contributed by atoms with Crippen LogP contribution in [0.2, 0.25) is 0 Å². The molecule has 0 amide bonds. The van der Waals surface area contributed by atoms with Gasteiger partial charge in [0, 0.05) is 31.4 Å². The van der Waals surface area contributed by atoms with Crippen LogP contribution in [-0.4, -0.2) is 35.7 Å². The molecule has 1 aromatic rings. The number of hydrogen-bond acceptors (Lipinski definition) is 5. The molecule has 1 heterocycles. The number of rotatable bonds is 9. The number of anilines is 1. The second kappa shape index (κ2) is 8.69. The zero-order valence-corrected chi connectivity index (χ0v) is 12.3. The van der Waals surface area contributed by atoms with Crippen LogP contribution in [0.25, 0.3) is 0 Å². The molecule has 2 N–H and O–H groups in total. The largest absolute Gasteiger partial charge is 0.478 e. The second-order valence-corrected chi connectivity index (χ2v) is 4.50. The van der Waals surface area contributed by atoms with Gasteiger partial charge in [-0.15, -0.1) is 0 Å². The predicted octanol–water partition coefficient (Wildman–Crippen LogP) is 2.22. The Morgan fingerprint density at radius 2 is 2.05 bits per heavy atom. The van der Waals surface area contributed by atoms with Crippen LogP contribution >= 0.6 is 0 Å². The molecule has 0 unspecified atom stereocenters. The van der Waals surface area contributed by atoms with Crippen LogP contribution in [0.1, 0.15) is 40.0 Å². The van der Waals surface area contributed by atoms with Gasteiger partial charge >= 0.3 is 0 Å². The van der Waals surface area contributed by atoms with Crippen molar-refractivity contribution in [3.63, 3.8) is 0 Å². The fraction of sp³-hybridized carbons (Fsp3) is 0.714. The summed E-state index contributed by atoms with van der Waals surface area (Å²) >= 11 is 0. The van der Waals surface area contributed by atoms with Gasteiger partial charge in [-0.25, -0.2) is 4.98 Å². The van der Waals surface area contributed by atoms with Gasteiger partial charge in [-0.3, -0.25) is 0 Å². The quantitative estimate of drug-likeness (QED) is 0.742. The van der Waals surface area contributed by atoms with Gasteiger partial charge in [0.05, 0.1) is 6.61 Å².